The highest BCUT2D eigenvalue weighted by Gasteiger charge is 2.20. The van der Waals surface area contributed by atoms with E-state index >= 15 is 0 Å². The molecule has 0 unspecified atom stereocenters. The van der Waals surface area contributed by atoms with E-state index < -0.39 is 10.0 Å². The van der Waals surface area contributed by atoms with Gasteiger partial charge in [0.2, 0.25) is 10.0 Å². The second-order valence-corrected chi connectivity index (χ2v) is 10.6. The van der Waals surface area contributed by atoms with Crippen molar-refractivity contribution >= 4 is 38.0 Å². The number of hydrogen-bond donors (Lipinski definition) is 3. The summed E-state index contributed by atoms with van der Waals surface area (Å²) in [5, 5.41) is 11.6. The monoisotopic (exact) mass is 490 g/mol. The van der Waals surface area contributed by atoms with Crippen LogP contribution in [0.15, 0.2) is 77.8 Å². The van der Waals surface area contributed by atoms with Gasteiger partial charge in [0.15, 0.2) is 5.88 Å². The average Bonchev–Trinajstić information content (AvgIpc) is 3.13. The molecule has 0 saturated heterocycles. The first-order chi connectivity index (χ1) is 16.8. The number of nitrogens with zero attached hydrogens (tertiary/aromatic N) is 2. The Morgan fingerprint density at radius 1 is 1.03 bits per heavy atom. The summed E-state index contributed by atoms with van der Waals surface area (Å²) in [5.41, 5.74) is 4.98. The van der Waals surface area contributed by atoms with E-state index in [0.717, 1.165) is 17.8 Å². The number of hydrogen-bond acceptors (Lipinski definition) is 5. The first-order valence-corrected chi connectivity index (χ1v) is 13.1. The summed E-state index contributed by atoms with van der Waals surface area (Å²) in [6.07, 6.45) is 0.520. The number of rotatable bonds is 9. The maximum absolute atomic E-state index is 12.3. The van der Waals surface area contributed by atoms with Crippen molar-refractivity contribution in [3.05, 3.63) is 89.5 Å². The van der Waals surface area contributed by atoms with Gasteiger partial charge in [0, 0.05) is 28.7 Å². The molecular weight excluding hydrogens is 460 g/mol. The molecule has 0 aliphatic carbocycles. The predicted octanol–water partition coefficient (Wildman–Crippen LogP) is 5.26. The van der Waals surface area contributed by atoms with Gasteiger partial charge >= 0.3 is 0 Å². The third kappa shape index (κ3) is 5.90. The molecule has 3 aromatic carbocycles. The van der Waals surface area contributed by atoms with E-state index in [2.05, 4.69) is 14.6 Å². The number of benzene rings is 3. The van der Waals surface area contributed by atoms with Gasteiger partial charge in [-0.25, -0.2) is 13.4 Å². The summed E-state index contributed by atoms with van der Waals surface area (Å²) in [6.45, 7) is 2.65. The Morgan fingerprint density at radius 3 is 2.40 bits per heavy atom. The zero-order chi connectivity index (χ0) is 25.0. The molecule has 0 spiro atoms. The zero-order valence-electron chi connectivity index (χ0n) is 20.1. The average molecular weight is 491 g/mol. The van der Waals surface area contributed by atoms with Gasteiger partial charge in [-0.1, -0.05) is 49.4 Å². The van der Waals surface area contributed by atoms with Crippen molar-refractivity contribution in [3.8, 4) is 5.88 Å². The fourth-order valence-corrected chi connectivity index (χ4v) is 5.14. The Hall–Kier alpha value is -3.62. The van der Waals surface area contributed by atoms with Crippen LogP contribution in [0.25, 0.3) is 10.9 Å². The van der Waals surface area contributed by atoms with Crippen LogP contribution < -0.4 is 4.72 Å². The normalized spacial score (nSPS) is 12.4. The lowest BCUT2D eigenvalue weighted by Crippen LogP contribution is -2.16. The number of H-pyrrole nitrogens is 1. The molecular formula is C27H30N4O3S. The van der Waals surface area contributed by atoms with Gasteiger partial charge < -0.3 is 15.0 Å². The van der Waals surface area contributed by atoms with Crippen molar-refractivity contribution in [1.29, 1.82) is 0 Å². The van der Waals surface area contributed by atoms with E-state index in [1.54, 1.807) is 18.2 Å². The molecule has 0 amide bonds. The molecule has 0 saturated carbocycles. The number of aromatic amines is 1. The quantitative estimate of drug-likeness (QED) is 0.279. The second-order valence-electron chi connectivity index (χ2n) is 8.76. The lowest BCUT2D eigenvalue weighted by atomic mass is 10.0. The summed E-state index contributed by atoms with van der Waals surface area (Å²) < 4.78 is 27.3. The molecule has 0 aliphatic heterocycles. The maximum Gasteiger partial charge on any atom is 0.232 e. The van der Waals surface area contributed by atoms with Crippen LogP contribution >= 0.6 is 0 Å². The largest absolute Gasteiger partial charge is 0.494 e. The highest BCUT2D eigenvalue weighted by atomic mass is 32.2. The fourth-order valence-electron chi connectivity index (χ4n) is 4.01. The summed E-state index contributed by atoms with van der Waals surface area (Å²) >= 11 is 0. The molecule has 35 heavy (non-hydrogen) atoms. The standard InChI is InChI=1S/C27H30N4O3S/c1-4-16-35(33,34)30-22-14-15-24-23(17-22)25(27(32)29-24)26(20-8-6-5-7-9-20)28-21-12-10-19(11-13-21)18-31(2)3/h5-15,17,29-30,32H,4,16,18H2,1-3H3. The van der Waals surface area contributed by atoms with Gasteiger partial charge in [0.1, 0.15) is 0 Å². The number of sulfonamides is 1. The molecule has 4 rings (SSSR count). The van der Waals surface area contributed by atoms with Crippen LogP contribution in [0, 0.1) is 0 Å². The molecule has 3 N–H and O–H groups in total. The lowest BCUT2D eigenvalue weighted by molar-refractivity contribution is 0.402. The molecule has 0 atom stereocenters. The Balaban J connectivity index is 1.84. The van der Waals surface area contributed by atoms with E-state index in [-0.39, 0.29) is 11.6 Å². The molecule has 0 radical (unpaired) electrons. The van der Waals surface area contributed by atoms with E-state index in [1.807, 2.05) is 75.6 Å². The molecule has 1 heterocycles. The van der Waals surface area contributed by atoms with Crippen molar-refractivity contribution < 1.29 is 13.5 Å². The third-order valence-corrected chi connectivity index (χ3v) is 6.98. The van der Waals surface area contributed by atoms with Crippen molar-refractivity contribution in [2.24, 2.45) is 4.99 Å². The molecule has 1 aromatic heterocycles. The molecule has 0 bridgehead atoms. The number of anilines is 1. The lowest BCUT2D eigenvalue weighted by Gasteiger charge is -2.11. The van der Waals surface area contributed by atoms with Crippen LogP contribution in [0.5, 0.6) is 5.88 Å². The predicted molar refractivity (Wildman–Crippen MR) is 143 cm³/mol. The van der Waals surface area contributed by atoms with Crippen LogP contribution in [-0.2, 0) is 16.6 Å². The minimum Gasteiger partial charge on any atom is -0.494 e. The summed E-state index contributed by atoms with van der Waals surface area (Å²) in [6, 6.07) is 22.8. The van der Waals surface area contributed by atoms with Crippen molar-refractivity contribution in [3.63, 3.8) is 0 Å². The smallest absolute Gasteiger partial charge is 0.232 e. The fraction of sp³-hybridized carbons (Fsp3) is 0.222. The van der Waals surface area contributed by atoms with Gasteiger partial charge in [0.05, 0.1) is 22.7 Å². The number of fused-ring (bicyclic) bond motifs is 1. The topological polar surface area (TPSA) is 97.8 Å². The Kier molecular flexibility index (Phi) is 7.23. The van der Waals surface area contributed by atoms with Crippen LogP contribution in [0.1, 0.15) is 30.0 Å². The van der Waals surface area contributed by atoms with E-state index in [4.69, 9.17) is 4.99 Å². The van der Waals surface area contributed by atoms with Gasteiger partial charge in [-0.15, -0.1) is 0 Å². The first-order valence-electron chi connectivity index (χ1n) is 11.5. The van der Waals surface area contributed by atoms with Gasteiger partial charge in [-0.3, -0.25) is 4.72 Å². The highest BCUT2D eigenvalue weighted by molar-refractivity contribution is 7.92. The van der Waals surface area contributed by atoms with Crippen LogP contribution in [0.4, 0.5) is 11.4 Å². The molecule has 7 nitrogen and oxygen atoms in total. The Bertz CT molecular complexity index is 1440. The number of nitrogens with one attached hydrogen (secondary N) is 2. The maximum atomic E-state index is 12.3. The number of aromatic hydroxyl groups is 1. The minimum absolute atomic E-state index is 0.0274. The van der Waals surface area contributed by atoms with Crippen LogP contribution in [-0.4, -0.2) is 49.0 Å². The van der Waals surface area contributed by atoms with Crippen LogP contribution in [0.2, 0.25) is 0 Å². The number of aromatic nitrogens is 1. The van der Waals surface area contributed by atoms with Crippen molar-refractivity contribution in [2.75, 3.05) is 24.6 Å². The molecule has 4 aromatic rings. The molecule has 182 valence electrons. The Labute approximate surface area is 206 Å². The second kappa shape index (κ2) is 10.3. The molecule has 0 aliphatic rings. The van der Waals surface area contributed by atoms with E-state index in [0.29, 0.717) is 34.3 Å². The van der Waals surface area contributed by atoms with Gasteiger partial charge in [-0.05, 0) is 56.4 Å². The first kappa shape index (κ1) is 24.5. The zero-order valence-corrected chi connectivity index (χ0v) is 20.9. The Morgan fingerprint density at radius 2 is 1.74 bits per heavy atom. The van der Waals surface area contributed by atoms with E-state index in [9.17, 15) is 13.5 Å². The molecule has 0 fully saturated rings. The van der Waals surface area contributed by atoms with Crippen molar-refractivity contribution in [2.45, 2.75) is 19.9 Å². The third-order valence-electron chi connectivity index (χ3n) is 5.49. The molecule has 8 heteroatoms. The van der Waals surface area contributed by atoms with Gasteiger partial charge in [0.25, 0.3) is 0 Å². The highest BCUT2D eigenvalue weighted by Crippen LogP contribution is 2.33. The van der Waals surface area contributed by atoms with Crippen molar-refractivity contribution in [1.82, 2.24) is 9.88 Å². The minimum atomic E-state index is -3.45. The van der Waals surface area contributed by atoms with Crippen LogP contribution in [0.3, 0.4) is 0 Å². The van der Waals surface area contributed by atoms with E-state index in [1.165, 1.54) is 5.56 Å². The SMILES string of the molecule is CCCS(=O)(=O)Nc1ccc2[nH]c(O)c(C(=Nc3ccc(CN(C)C)cc3)c3ccccc3)c2c1. The van der Waals surface area contributed by atoms with Gasteiger partial charge in [-0.2, -0.15) is 0 Å². The summed E-state index contributed by atoms with van der Waals surface area (Å²) in [7, 11) is 0.598. The summed E-state index contributed by atoms with van der Waals surface area (Å²) in [5.74, 6) is 0.0111. The number of aliphatic imine (C=N–C) groups is 1. The summed E-state index contributed by atoms with van der Waals surface area (Å²) in [4.78, 5) is 10.0.